The van der Waals surface area contributed by atoms with Crippen molar-refractivity contribution in [2.45, 2.75) is 19.4 Å². The molecule has 0 atom stereocenters. The van der Waals surface area contributed by atoms with Gasteiger partial charge in [-0.1, -0.05) is 12.1 Å². The summed E-state index contributed by atoms with van der Waals surface area (Å²) in [6.45, 7) is 0.345. The number of aryl methyl sites for hydroxylation is 1. The summed E-state index contributed by atoms with van der Waals surface area (Å²) in [5.41, 5.74) is 0.355. The topological polar surface area (TPSA) is 68.3 Å². The second-order valence-electron chi connectivity index (χ2n) is 4.95. The average molecular weight is 314 g/mol. The van der Waals surface area contributed by atoms with Gasteiger partial charge in [-0.05, 0) is 24.3 Å². The summed E-state index contributed by atoms with van der Waals surface area (Å²) in [5.74, 6) is 0.945. The molecule has 0 aliphatic heterocycles. The average Bonchev–Trinajstić information content (AvgIpc) is 3.23. The second kappa shape index (κ2) is 6.91. The van der Waals surface area contributed by atoms with Crippen LogP contribution in [-0.4, -0.2) is 10.9 Å². The van der Waals surface area contributed by atoms with E-state index in [2.05, 4.69) is 10.3 Å². The highest BCUT2D eigenvalue weighted by molar-refractivity contribution is 5.75. The molecule has 2 heterocycles. The van der Waals surface area contributed by atoms with E-state index in [1.165, 1.54) is 12.3 Å². The predicted molar refractivity (Wildman–Crippen MR) is 80.8 cm³/mol. The predicted octanol–water partition coefficient (Wildman–Crippen LogP) is 3.32. The zero-order valence-electron chi connectivity index (χ0n) is 12.3. The van der Waals surface area contributed by atoms with E-state index in [1.807, 2.05) is 0 Å². The lowest BCUT2D eigenvalue weighted by Crippen LogP contribution is -2.22. The Balaban J connectivity index is 1.53. The van der Waals surface area contributed by atoms with Crippen LogP contribution >= 0.6 is 0 Å². The minimum Gasteiger partial charge on any atom is -0.467 e. The summed E-state index contributed by atoms with van der Waals surface area (Å²) in [7, 11) is 0. The highest BCUT2D eigenvalue weighted by atomic mass is 19.1. The fraction of sp³-hybridized carbons (Fsp3) is 0.176. The molecule has 0 bridgehead atoms. The molecule has 0 saturated carbocycles. The van der Waals surface area contributed by atoms with Crippen molar-refractivity contribution in [2.75, 3.05) is 0 Å². The molecule has 1 aromatic carbocycles. The standard InChI is InChI=1S/C17H15FN2O3/c18-14-6-2-1-5-13(14)15-11-20-17(23-15)8-7-16(21)19-10-12-4-3-9-22-12/h1-6,9,11H,7-8,10H2,(H,19,21). The number of rotatable bonds is 6. The fourth-order valence-corrected chi connectivity index (χ4v) is 2.12. The lowest BCUT2D eigenvalue weighted by atomic mass is 10.2. The molecule has 0 aliphatic rings. The van der Waals surface area contributed by atoms with E-state index in [-0.39, 0.29) is 18.1 Å². The van der Waals surface area contributed by atoms with Gasteiger partial charge in [0.25, 0.3) is 0 Å². The zero-order valence-corrected chi connectivity index (χ0v) is 12.3. The van der Waals surface area contributed by atoms with Crippen LogP contribution in [-0.2, 0) is 17.8 Å². The van der Waals surface area contributed by atoms with Crippen molar-refractivity contribution in [3.05, 3.63) is 66.3 Å². The number of hydrogen-bond donors (Lipinski definition) is 1. The molecule has 0 radical (unpaired) electrons. The lowest BCUT2D eigenvalue weighted by molar-refractivity contribution is -0.121. The minimum absolute atomic E-state index is 0.132. The van der Waals surface area contributed by atoms with Gasteiger partial charge in [0, 0.05) is 12.8 Å². The van der Waals surface area contributed by atoms with Crippen molar-refractivity contribution >= 4 is 5.91 Å². The number of hydrogen-bond acceptors (Lipinski definition) is 4. The van der Waals surface area contributed by atoms with Gasteiger partial charge in [0.1, 0.15) is 11.6 Å². The maximum Gasteiger partial charge on any atom is 0.220 e. The smallest absolute Gasteiger partial charge is 0.220 e. The van der Waals surface area contributed by atoms with Crippen LogP contribution in [0.15, 0.2) is 57.7 Å². The molecule has 0 aliphatic carbocycles. The van der Waals surface area contributed by atoms with Gasteiger partial charge in [-0.3, -0.25) is 4.79 Å². The van der Waals surface area contributed by atoms with Crippen LogP contribution in [0.1, 0.15) is 18.1 Å². The molecule has 1 amide bonds. The van der Waals surface area contributed by atoms with E-state index < -0.39 is 0 Å². The normalized spacial score (nSPS) is 10.7. The molecule has 0 spiro atoms. The second-order valence-corrected chi connectivity index (χ2v) is 4.95. The molecule has 6 heteroatoms. The SMILES string of the molecule is O=C(CCc1ncc(-c2ccccc2F)o1)NCc1ccco1. The molecular formula is C17H15FN2O3. The number of amides is 1. The number of nitrogens with zero attached hydrogens (tertiary/aromatic N) is 1. The molecule has 23 heavy (non-hydrogen) atoms. The van der Waals surface area contributed by atoms with Crippen molar-refractivity contribution < 1.29 is 18.0 Å². The van der Waals surface area contributed by atoms with Crippen LogP contribution in [0.4, 0.5) is 4.39 Å². The Bertz CT molecular complexity index is 781. The van der Waals surface area contributed by atoms with E-state index >= 15 is 0 Å². The van der Waals surface area contributed by atoms with E-state index in [4.69, 9.17) is 8.83 Å². The van der Waals surface area contributed by atoms with Crippen LogP contribution < -0.4 is 5.32 Å². The van der Waals surface area contributed by atoms with Crippen molar-refractivity contribution in [1.29, 1.82) is 0 Å². The van der Waals surface area contributed by atoms with Crippen molar-refractivity contribution in [1.82, 2.24) is 10.3 Å². The van der Waals surface area contributed by atoms with Gasteiger partial charge >= 0.3 is 0 Å². The van der Waals surface area contributed by atoms with Crippen LogP contribution in [0.25, 0.3) is 11.3 Å². The van der Waals surface area contributed by atoms with Crippen molar-refractivity contribution in [2.24, 2.45) is 0 Å². The quantitative estimate of drug-likeness (QED) is 0.758. The van der Waals surface area contributed by atoms with E-state index in [0.717, 1.165) is 0 Å². The summed E-state index contributed by atoms with van der Waals surface area (Å²) in [6.07, 6.45) is 3.60. The Labute approximate surface area is 132 Å². The molecule has 118 valence electrons. The Kier molecular flexibility index (Phi) is 4.52. The van der Waals surface area contributed by atoms with E-state index in [1.54, 1.807) is 36.6 Å². The number of aromatic nitrogens is 1. The molecule has 1 N–H and O–H groups in total. The molecular weight excluding hydrogens is 299 g/mol. The molecule has 0 saturated heterocycles. The number of oxazole rings is 1. The molecule has 3 aromatic rings. The summed E-state index contributed by atoms with van der Waals surface area (Å²) in [5, 5.41) is 2.74. The number of carbonyl (C=O) groups excluding carboxylic acids is 1. The Morgan fingerprint density at radius 1 is 1.22 bits per heavy atom. The van der Waals surface area contributed by atoms with Gasteiger partial charge in [-0.15, -0.1) is 0 Å². The third kappa shape index (κ3) is 3.85. The lowest BCUT2D eigenvalue weighted by Gasteiger charge is -2.01. The van der Waals surface area contributed by atoms with E-state index in [9.17, 15) is 9.18 Å². The number of carbonyl (C=O) groups is 1. The molecule has 3 rings (SSSR count). The summed E-state index contributed by atoms with van der Waals surface area (Å²) < 4.78 is 24.3. The summed E-state index contributed by atoms with van der Waals surface area (Å²) in [6, 6.07) is 9.87. The van der Waals surface area contributed by atoms with Crippen molar-refractivity contribution in [3.8, 4) is 11.3 Å². The first kappa shape index (κ1) is 15.0. The van der Waals surface area contributed by atoms with Gasteiger partial charge < -0.3 is 14.2 Å². The number of halogens is 1. The largest absolute Gasteiger partial charge is 0.467 e. The van der Waals surface area contributed by atoms with Gasteiger partial charge in [-0.25, -0.2) is 9.37 Å². The molecule has 0 unspecified atom stereocenters. The first-order chi connectivity index (χ1) is 11.2. The fourth-order valence-electron chi connectivity index (χ4n) is 2.12. The first-order valence-corrected chi connectivity index (χ1v) is 7.21. The van der Waals surface area contributed by atoms with E-state index in [0.29, 0.717) is 35.9 Å². The maximum absolute atomic E-state index is 13.7. The highest BCUT2D eigenvalue weighted by Gasteiger charge is 2.11. The Morgan fingerprint density at radius 2 is 2.09 bits per heavy atom. The Hall–Kier alpha value is -2.89. The van der Waals surface area contributed by atoms with Crippen LogP contribution in [0.2, 0.25) is 0 Å². The van der Waals surface area contributed by atoms with Gasteiger partial charge in [0.2, 0.25) is 5.91 Å². The third-order valence-electron chi connectivity index (χ3n) is 3.30. The molecule has 5 nitrogen and oxygen atoms in total. The Morgan fingerprint density at radius 3 is 2.87 bits per heavy atom. The minimum atomic E-state index is -0.369. The molecule has 0 fully saturated rings. The van der Waals surface area contributed by atoms with Gasteiger partial charge in [0.15, 0.2) is 11.7 Å². The van der Waals surface area contributed by atoms with Crippen LogP contribution in [0.5, 0.6) is 0 Å². The summed E-state index contributed by atoms with van der Waals surface area (Å²) in [4.78, 5) is 15.8. The monoisotopic (exact) mass is 314 g/mol. The van der Waals surface area contributed by atoms with Gasteiger partial charge in [-0.2, -0.15) is 0 Å². The third-order valence-corrected chi connectivity index (χ3v) is 3.30. The number of nitrogens with one attached hydrogen (secondary N) is 1. The number of benzene rings is 1. The van der Waals surface area contributed by atoms with Crippen LogP contribution in [0, 0.1) is 5.82 Å². The van der Waals surface area contributed by atoms with Crippen LogP contribution in [0.3, 0.4) is 0 Å². The highest BCUT2D eigenvalue weighted by Crippen LogP contribution is 2.23. The summed E-state index contributed by atoms with van der Waals surface area (Å²) >= 11 is 0. The van der Waals surface area contributed by atoms with Gasteiger partial charge in [0.05, 0.1) is 24.6 Å². The first-order valence-electron chi connectivity index (χ1n) is 7.21. The van der Waals surface area contributed by atoms with Crippen molar-refractivity contribution in [3.63, 3.8) is 0 Å². The zero-order chi connectivity index (χ0) is 16.1. The molecule has 2 aromatic heterocycles. The number of furan rings is 1. The maximum atomic E-state index is 13.7.